The lowest BCUT2D eigenvalue weighted by atomic mass is 10.2. The quantitative estimate of drug-likeness (QED) is 0.762. The third-order valence-corrected chi connectivity index (χ3v) is 3.70. The zero-order valence-electron chi connectivity index (χ0n) is 12.9. The molecule has 0 aliphatic carbocycles. The van der Waals surface area contributed by atoms with Crippen LogP contribution in [0.25, 0.3) is 5.78 Å². The van der Waals surface area contributed by atoms with E-state index in [1.165, 1.54) is 13.4 Å². The maximum atomic E-state index is 11.8. The van der Waals surface area contributed by atoms with Gasteiger partial charge in [-0.25, -0.2) is 9.78 Å². The van der Waals surface area contributed by atoms with E-state index in [9.17, 15) is 4.79 Å². The van der Waals surface area contributed by atoms with Crippen LogP contribution < -0.4 is 4.90 Å². The molecule has 1 aliphatic rings. The molecule has 1 saturated heterocycles. The Hall–Kier alpha value is -2.22. The number of aryl methyl sites for hydroxylation is 1. The van der Waals surface area contributed by atoms with Crippen molar-refractivity contribution < 1.29 is 14.3 Å². The van der Waals surface area contributed by atoms with E-state index in [2.05, 4.69) is 20.0 Å². The van der Waals surface area contributed by atoms with Gasteiger partial charge >= 0.3 is 5.97 Å². The lowest BCUT2D eigenvalue weighted by molar-refractivity contribution is -0.158. The lowest BCUT2D eigenvalue weighted by Crippen LogP contribution is -2.50. The first-order chi connectivity index (χ1) is 10.6. The van der Waals surface area contributed by atoms with Crippen LogP contribution in [0.5, 0.6) is 0 Å². The number of fused-ring (bicyclic) bond motifs is 1. The topological polar surface area (TPSA) is 81.9 Å². The minimum atomic E-state index is -0.606. The van der Waals surface area contributed by atoms with Crippen molar-refractivity contribution in [2.45, 2.75) is 32.5 Å². The van der Waals surface area contributed by atoms with Crippen molar-refractivity contribution in [3.8, 4) is 0 Å². The average Bonchev–Trinajstić information content (AvgIpc) is 3.00. The fraction of sp³-hybridized carbons (Fsp3) is 0.571. The highest BCUT2D eigenvalue weighted by Crippen LogP contribution is 2.22. The van der Waals surface area contributed by atoms with Crippen molar-refractivity contribution in [2.24, 2.45) is 0 Å². The number of anilines is 1. The van der Waals surface area contributed by atoms with Gasteiger partial charge in [0.05, 0.1) is 19.8 Å². The summed E-state index contributed by atoms with van der Waals surface area (Å²) >= 11 is 0. The summed E-state index contributed by atoms with van der Waals surface area (Å²) < 4.78 is 12.2. The largest absolute Gasteiger partial charge is 0.467 e. The molecule has 2 aromatic heterocycles. The number of morpholine rings is 1. The Morgan fingerprint density at radius 2 is 2.32 bits per heavy atom. The first kappa shape index (κ1) is 14.7. The number of rotatable bonds is 3. The fourth-order valence-corrected chi connectivity index (χ4v) is 2.65. The molecule has 0 saturated carbocycles. The van der Waals surface area contributed by atoms with Crippen LogP contribution in [0.15, 0.2) is 12.4 Å². The normalized spacial score (nSPS) is 22.0. The summed E-state index contributed by atoms with van der Waals surface area (Å²) in [7, 11) is 1.37. The van der Waals surface area contributed by atoms with Crippen molar-refractivity contribution in [3.63, 3.8) is 0 Å². The lowest BCUT2D eigenvalue weighted by Gasteiger charge is -2.36. The zero-order chi connectivity index (χ0) is 15.7. The molecule has 0 spiro atoms. The molecule has 8 heteroatoms. The first-order valence-electron chi connectivity index (χ1n) is 7.30. The summed E-state index contributed by atoms with van der Waals surface area (Å²) in [5.74, 6) is 1.06. The van der Waals surface area contributed by atoms with E-state index in [1.54, 1.807) is 4.52 Å². The van der Waals surface area contributed by atoms with Crippen molar-refractivity contribution in [3.05, 3.63) is 18.1 Å². The Bertz CT molecular complexity index is 686. The van der Waals surface area contributed by atoms with Gasteiger partial charge in [0.2, 0.25) is 0 Å². The van der Waals surface area contributed by atoms with Crippen molar-refractivity contribution in [2.75, 3.05) is 25.1 Å². The average molecular weight is 305 g/mol. The van der Waals surface area contributed by atoms with Crippen LogP contribution >= 0.6 is 0 Å². The Kier molecular flexibility index (Phi) is 3.93. The van der Waals surface area contributed by atoms with Gasteiger partial charge in [0.25, 0.3) is 5.78 Å². The second kappa shape index (κ2) is 5.88. The zero-order valence-corrected chi connectivity index (χ0v) is 12.9. The van der Waals surface area contributed by atoms with Crippen LogP contribution in [0.2, 0.25) is 0 Å². The maximum absolute atomic E-state index is 11.8. The van der Waals surface area contributed by atoms with E-state index in [4.69, 9.17) is 9.47 Å². The number of aromatic nitrogens is 4. The number of ether oxygens (including phenoxy) is 2. The monoisotopic (exact) mass is 305 g/mol. The summed E-state index contributed by atoms with van der Waals surface area (Å²) in [6.07, 6.45) is 1.59. The molecule has 0 amide bonds. The van der Waals surface area contributed by atoms with Gasteiger partial charge in [-0.2, -0.15) is 14.6 Å². The Labute approximate surface area is 128 Å². The minimum Gasteiger partial charge on any atom is -0.467 e. The van der Waals surface area contributed by atoms with Gasteiger partial charge in [0, 0.05) is 18.3 Å². The van der Waals surface area contributed by atoms with Crippen molar-refractivity contribution in [1.29, 1.82) is 0 Å². The number of hydrogen-bond donors (Lipinski definition) is 0. The highest BCUT2D eigenvalue weighted by atomic mass is 16.6. The number of esters is 1. The highest BCUT2D eigenvalue weighted by molar-refractivity contribution is 5.75. The standard InChI is InChI=1S/C14H19N5O3/c1-4-10-5-12(19-14(17-10)15-8-16-19)18-6-9(2)22-11(7-18)13(20)21-3/h5,8-9,11H,4,6-7H2,1-3H3/t9-,11?/m1/s1. The van der Waals surface area contributed by atoms with E-state index < -0.39 is 6.10 Å². The molecule has 0 N–H and O–H groups in total. The number of hydrogen-bond acceptors (Lipinski definition) is 7. The molecule has 2 aromatic rings. The molecule has 22 heavy (non-hydrogen) atoms. The van der Waals surface area contributed by atoms with E-state index in [1.807, 2.05) is 19.9 Å². The van der Waals surface area contributed by atoms with E-state index in [0.717, 1.165) is 17.9 Å². The van der Waals surface area contributed by atoms with Crippen LogP contribution in [-0.4, -0.2) is 58.0 Å². The fourth-order valence-electron chi connectivity index (χ4n) is 2.65. The number of nitrogens with zero attached hydrogens (tertiary/aromatic N) is 5. The number of methoxy groups -OCH3 is 1. The van der Waals surface area contributed by atoms with Crippen LogP contribution in [0, 0.1) is 0 Å². The predicted molar refractivity (Wildman–Crippen MR) is 78.7 cm³/mol. The van der Waals surface area contributed by atoms with Gasteiger partial charge in [0.15, 0.2) is 6.10 Å². The third-order valence-electron chi connectivity index (χ3n) is 3.70. The molecule has 0 aromatic carbocycles. The molecule has 3 rings (SSSR count). The van der Waals surface area contributed by atoms with Gasteiger partial charge in [-0.3, -0.25) is 0 Å². The van der Waals surface area contributed by atoms with E-state index >= 15 is 0 Å². The van der Waals surface area contributed by atoms with Crippen LogP contribution in [0.1, 0.15) is 19.5 Å². The summed E-state index contributed by atoms with van der Waals surface area (Å²) in [6, 6.07) is 1.98. The SMILES string of the molecule is CCc1cc(N2CC(C(=O)OC)O[C@H](C)C2)n2ncnc2n1. The molecule has 8 nitrogen and oxygen atoms in total. The minimum absolute atomic E-state index is 0.0883. The smallest absolute Gasteiger partial charge is 0.336 e. The summed E-state index contributed by atoms with van der Waals surface area (Å²) in [5, 5.41) is 4.23. The number of carbonyl (C=O) groups is 1. The van der Waals surface area contributed by atoms with E-state index in [0.29, 0.717) is 18.9 Å². The Morgan fingerprint density at radius 1 is 1.50 bits per heavy atom. The second-order valence-electron chi connectivity index (χ2n) is 5.29. The summed E-state index contributed by atoms with van der Waals surface area (Å²) in [6.45, 7) is 5.05. The Balaban J connectivity index is 1.98. The van der Waals surface area contributed by atoms with E-state index in [-0.39, 0.29) is 12.1 Å². The molecule has 1 fully saturated rings. The van der Waals surface area contributed by atoms with Gasteiger partial charge in [-0.1, -0.05) is 6.92 Å². The molecule has 1 unspecified atom stereocenters. The maximum Gasteiger partial charge on any atom is 0.336 e. The predicted octanol–water partition coefficient (Wildman–Crippen LogP) is 0.453. The summed E-state index contributed by atoms with van der Waals surface area (Å²) in [5.41, 5.74) is 0.935. The molecule has 0 radical (unpaired) electrons. The van der Waals surface area contributed by atoms with Crippen molar-refractivity contribution in [1.82, 2.24) is 19.6 Å². The van der Waals surface area contributed by atoms with Crippen LogP contribution in [0.4, 0.5) is 5.82 Å². The summed E-state index contributed by atoms with van der Waals surface area (Å²) in [4.78, 5) is 22.5. The molecule has 3 heterocycles. The highest BCUT2D eigenvalue weighted by Gasteiger charge is 2.32. The van der Waals surface area contributed by atoms with Crippen LogP contribution in [-0.2, 0) is 20.7 Å². The molecule has 0 bridgehead atoms. The van der Waals surface area contributed by atoms with Gasteiger partial charge < -0.3 is 14.4 Å². The van der Waals surface area contributed by atoms with Gasteiger partial charge in [0.1, 0.15) is 12.1 Å². The molecular weight excluding hydrogens is 286 g/mol. The molecule has 1 aliphatic heterocycles. The van der Waals surface area contributed by atoms with Crippen LogP contribution in [0.3, 0.4) is 0 Å². The molecule has 118 valence electrons. The third kappa shape index (κ3) is 2.61. The van der Waals surface area contributed by atoms with Crippen molar-refractivity contribution >= 4 is 17.6 Å². The molecular formula is C14H19N5O3. The number of carbonyl (C=O) groups excluding carboxylic acids is 1. The van der Waals surface area contributed by atoms with Gasteiger partial charge in [-0.05, 0) is 13.3 Å². The van der Waals surface area contributed by atoms with Gasteiger partial charge in [-0.15, -0.1) is 0 Å². The second-order valence-corrected chi connectivity index (χ2v) is 5.29. The Morgan fingerprint density at radius 3 is 3.05 bits per heavy atom. The molecule has 2 atom stereocenters. The first-order valence-corrected chi connectivity index (χ1v) is 7.30.